The van der Waals surface area contributed by atoms with Crippen molar-refractivity contribution in [3.63, 3.8) is 0 Å². The van der Waals surface area contributed by atoms with Crippen LogP contribution >= 0.6 is 11.6 Å². The molecule has 4 aromatic carbocycles. The van der Waals surface area contributed by atoms with Gasteiger partial charge in [-0.15, -0.1) is 0 Å². The molecular formula is C25H20ClN3O3S. The van der Waals surface area contributed by atoms with Crippen molar-refractivity contribution in [2.45, 2.75) is 4.90 Å². The van der Waals surface area contributed by atoms with Crippen molar-refractivity contribution in [3.8, 4) is 0 Å². The van der Waals surface area contributed by atoms with E-state index < -0.39 is 22.5 Å². The molecule has 0 saturated carbocycles. The molecule has 8 heteroatoms. The van der Waals surface area contributed by atoms with E-state index in [0.717, 1.165) is 20.6 Å². The third-order valence-electron chi connectivity index (χ3n) is 4.95. The fourth-order valence-electron chi connectivity index (χ4n) is 3.34. The molecule has 4 aromatic rings. The highest BCUT2D eigenvalue weighted by Crippen LogP contribution is 2.25. The molecule has 0 aliphatic carbocycles. The molecule has 0 bridgehead atoms. The number of halogens is 1. The number of hydrazone groups is 1. The summed E-state index contributed by atoms with van der Waals surface area (Å²) in [5.41, 5.74) is 3.58. The Morgan fingerprint density at radius 1 is 0.879 bits per heavy atom. The van der Waals surface area contributed by atoms with Crippen LogP contribution < -0.4 is 9.73 Å². The lowest BCUT2D eigenvalue weighted by Crippen LogP contribution is -2.39. The molecule has 0 fully saturated rings. The maximum atomic E-state index is 13.3. The predicted octanol–water partition coefficient (Wildman–Crippen LogP) is 4.84. The third kappa shape index (κ3) is 5.22. The van der Waals surface area contributed by atoms with Crippen LogP contribution in [-0.2, 0) is 14.8 Å². The molecule has 0 aromatic heterocycles. The first-order valence-corrected chi connectivity index (χ1v) is 11.9. The van der Waals surface area contributed by atoms with Gasteiger partial charge in [0.15, 0.2) is 0 Å². The summed E-state index contributed by atoms with van der Waals surface area (Å²) in [6, 6.07) is 27.8. The van der Waals surface area contributed by atoms with E-state index in [-0.39, 0.29) is 4.90 Å². The van der Waals surface area contributed by atoms with Crippen molar-refractivity contribution >= 4 is 50.2 Å². The van der Waals surface area contributed by atoms with Gasteiger partial charge in [0, 0.05) is 10.6 Å². The second-order valence-electron chi connectivity index (χ2n) is 7.16. The molecule has 0 aliphatic rings. The Morgan fingerprint density at radius 2 is 1.55 bits per heavy atom. The van der Waals surface area contributed by atoms with Crippen LogP contribution in [-0.4, -0.2) is 27.1 Å². The predicted molar refractivity (Wildman–Crippen MR) is 132 cm³/mol. The quantitative estimate of drug-likeness (QED) is 0.305. The number of nitrogens with one attached hydrogen (secondary N) is 1. The highest BCUT2D eigenvalue weighted by molar-refractivity contribution is 7.92. The monoisotopic (exact) mass is 477 g/mol. The van der Waals surface area contributed by atoms with E-state index in [0.29, 0.717) is 10.7 Å². The molecule has 0 saturated heterocycles. The second kappa shape index (κ2) is 9.85. The van der Waals surface area contributed by atoms with Gasteiger partial charge >= 0.3 is 0 Å². The molecule has 1 N–H and O–H groups in total. The zero-order valence-corrected chi connectivity index (χ0v) is 19.0. The zero-order valence-electron chi connectivity index (χ0n) is 17.4. The van der Waals surface area contributed by atoms with E-state index in [9.17, 15) is 13.2 Å². The molecule has 0 spiro atoms. The highest BCUT2D eigenvalue weighted by Gasteiger charge is 2.27. The SMILES string of the molecule is O=C(CN(c1ccc(Cl)cc1)S(=O)(=O)c1ccccc1)NN=Cc1cccc2ccccc12. The van der Waals surface area contributed by atoms with E-state index >= 15 is 0 Å². The molecule has 0 aliphatic heterocycles. The lowest BCUT2D eigenvalue weighted by atomic mass is 10.1. The lowest BCUT2D eigenvalue weighted by Gasteiger charge is -2.23. The van der Waals surface area contributed by atoms with Crippen molar-refractivity contribution in [2.24, 2.45) is 5.10 Å². The average molecular weight is 478 g/mol. The smallest absolute Gasteiger partial charge is 0.264 e. The number of fused-ring (bicyclic) bond motifs is 1. The van der Waals surface area contributed by atoms with E-state index in [1.807, 2.05) is 42.5 Å². The highest BCUT2D eigenvalue weighted by atomic mass is 35.5. The molecule has 166 valence electrons. The number of carbonyl (C=O) groups excluding carboxylic acids is 1. The maximum absolute atomic E-state index is 13.3. The van der Waals surface area contributed by atoms with Crippen molar-refractivity contribution in [3.05, 3.63) is 108 Å². The van der Waals surface area contributed by atoms with Crippen LogP contribution in [0.2, 0.25) is 5.02 Å². The number of rotatable bonds is 7. The Kier molecular flexibility index (Phi) is 6.72. The summed E-state index contributed by atoms with van der Waals surface area (Å²) >= 11 is 5.96. The first-order chi connectivity index (χ1) is 15.9. The number of carbonyl (C=O) groups is 1. The number of benzene rings is 4. The summed E-state index contributed by atoms with van der Waals surface area (Å²) in [6.07, 6.45) is 1.54. The van der Waals surface area contributed by atoms with Gasteiger partial charge in [0.2, 0.25) is 0 Å². The molecule has 6 nitrogen and oxygen atoms in total. The summed E-state index contributed by atoms with van der Waals surface area (Å²) < 4.78 is 27.6. The Bertz CT molecular complexity index is 1400. The Morgan fingerprint density at radius 3 is 2.30 bits per heavy atom. The lowest BCUT2D eigenvalue weighted by molar-refractivity contribution is -0.119. The summed E-state index contributed by atoms with van der Waals surface area (Å²) in [6.45, 7) is -0.453. The van der Waals surface area contributed by atoms with Crippen LogP contribution in [0.5, 0.6) is 0 Å². The van der Waals surface area contributed by atoms with Crippen LogP contribution in [0.25, 0.3) is 10.8 Å². The fraction of sp³-hybridized carbons (Fsp3) is 0.0400. The standard InChI is InChI=1S/C25H20ClN3O3S/c26-21-13-15-22(16-14-21)29(33(31,32)23-10-2-1-3-11-23)18-25(30)28-27-17-20-9-6-8-19-7-4-5-12-24(19)20/h1-17H,18H2,(H,28,30). The first kappa shape index (κ1) is 22.5. The molecule has 0 atom stereocenters. The van der Waals surface area contributed by atoms with E-state index in [2.05, 4.69) is 10.5 Å². The molecule has 4 rings (SSSR count). The molecule has 0 heterocycles. The van der Waals surface area contributed by atoms with Gasteiger partial charge in [0.05, 0.1) is 16.8 Å². The van der Waals surface area contributed by atoms with Gasteiger partial charge in [-0.05, 0) is 47.2 Å². The first-order valence-electron chi connectivity index (χ1n) is 10.1. The minimum atomic E-state index is -3.99. The van der Waals surface area contributed by atoms with Crippen LogP contribution in [0.1, 0.15) is 5.56 Å². The van der Waals surface area contributed by atoms with E-state index in [1.54, 1.807) is 48.7 Å². The number of sulfonamides is 1. The third-order valence-corrected chi connectivity index (χ3v) is 6.99. The van der Waals surface area contributed by atoms with Crippen LogP contribution in [0, 0.1) is 0 Å². The van der Waals surface area contributed by atoms with Crippen LogP contribution in [0.4, 0.5) is 5.69 Å². The summed E-state index contributed by atoms with van der Waals surface area (Å²) in [4.78, 5) is 12.7. The Balaban J connectivity index is 1.56. The maximum Gasteiger partial charge on any atom is 0.264 e. The summed E-state index contributed by atoms with van der Waals surface area (Å²) in [7, 11) is -3.99. The van der Waals surface area contributed by atoms with Gasteiger partial charge in [0.1, 0.15) is 6.54 Å². The molecular weight excluding hydrogens is 458 g/mol. The van der Waals surface area contributed by atoms with Crippen molar-refractivity contribution in [1.29, 1.82) is 0 Å². The zero-order chi connectivity index (χ0) is 23.3. The number of hydrogen-bond donors (Lipinski definition) is 1. The van der Waals surface area contributed by atoms with Gasteiger partial charge in [-0.1, -0.05) is 72.3 Å². The molecule has 0 radical (unpaired) electrons. The van der Waals surface area contributed by atoms with E-state index in [4.69, 9.17) is 11.6 Å². The average Bonchev–Trinajstić information content (AvgIpc) is 2.84. The number of amides is 1. The molecule has 33 heavy (non-hydrogen) atoms. The normalized spacial score (nSPS) is 11.5. The van der Waals surface area contributed by atoms with Crippen LogP contribution in [0.15, 0.2) is 107 Å². The van der Waals surface area contributed by atoms with Gasteiger partial charge in [-0.25, -0.2) is 13.8 Å². The fourth-order valence-corrected chi connectivity index (χ4v) is 4.91. The van der Waals surface area contributed by atoms with Gasteiger partial charge in [-0.2, -0.15) is 5.10 Å². The Labute approximate surface area is 197 Å². The number of hydrogen-bond acceptors (Lipinski definition) is 4. The minimum absolute atomic E-state index is 0.0759. The summed E-state index contributed by atoms with van der Waals surface area (Å²) in [5, 5.41) is 6.54. The minimum Gasteiger partial charge on any atom is -0.271 e. The Hall–Kier alpha value is -3.68. The van der Waals surface area contributed by atoms with Gasteiger partial charge in [0.25, 0.3) is 15.9 Å². The van der Waals surface area contributed by atoms with Gasteiger partial charge < -0.3 is 0 Å². The van der Waals surface area contributed by atoms with Crippen molar-refractivity contribution < 1.29 is 13.2 Å². The van der Waals surface area contributed by atoms with E-state index in [1.165, 1.54) is 12.1 Å². The topological polar surface area (TPSA) is 78.8 Å². The molecule has 0 unspecified atom stereocenters. The van der Waals surface area contributed by atoms with Crippen molar-refractivity contribution in [1.82, 2.24) is 5.43 Å². The number of nitrogens with zero attached hydrogens (tertiary/aromatic N) is 2. The van der Waals surface area contributed by atoms with Gasteiger partial charge in [-0.3, -0.25) is 9.10 Å². The van der Waals surface area contributed by atoms with Crippen molar-refractivity contribution in [2.75, 3.05) is 10.8 Å². The second-order valence-corrected chi connectivity index (χ2v) is 9.46. The number of anilines is 1. The largest absolute Gasteiger partial charge is 0.271 e. The summed E-state index contributed by atoms with van der Waals surface area (Å²) in [5.74, 6) is -0.582. The van der Waals surface area contributed by atoms with Crippen LogP contribution in [0.3, 0.4) is 0 Å². The molecule has 1 amide bonds.